The van der Waals surface area contributed by atoms with E-state index in [4.69, 9.17) is 0 Å². The second-order valence-corrected chi connectivity index (χ2v) is 9.60. The molecule has 0 aliphatic heterocycles. The van der Waals surface area contributed by atoms with Gasteiger partial charge in [0, 0.05) is 9.30 Å². The number of alkyl halides is 1. The summed E-state index contributed by atoms with van der Waals surface area (Å²) in [4.78, 5) is 0.665. The van der Waals surface area contributed by atoms with Crippen LogP contribution in [0.2, 0.25) is 0 Å². The van der Waals surface area contributed by atoms with Crippen molar-refractivity contribution in [2.24, 2.45) is 23.2 Å². The third-order valence-corrected chi connectivity index (χ3v) is 7.84. The zero-order valence-electron chi connectivity index (χ0n) is 11.8. The molecule has 0 saturated heterocycles. The number of rotatable bonds is 3. The summed E-state index contributed by atoms with van der Waals surface area (Å²) in [6, 6.07) is 8.85. The largest absolute Gasteiger partial charge is 0.0881 e. The summed E-state index contributed by atoms with van der Waals surface area (Å²) in [6.45, 7) is 0. The summed E-state index contributed by atoms with van der Waals surface area (Å²) in [5.74, 6) is 3.14. The molecule has 4 fully saturated rings. The van der Waals surface area contributed by atoms with Gasteiger partial charge in [0.25, 0.3) is 0 Å². The van der Waals surface area contributed by atoms with Gasteiger partial charge in [-0.2, -0.15) is 0 Å². The van der Waals surface area contributed by atoms with E-state index in [1.807, 2.05) is 0 Å². The van der Waals surface area contributed by atoms with Crippen LogP contribution in [0, 0.1) is 23.2 Å². The van der Waals surface area contributed by atoms with Crippen molar-refractivity contribution >= 4 is 31.9 Å². The molecule has 4 aliphatic rings. The van der Waals surface area contributed by atoms with E-state index in [1.54, 1.807) is 0 Å². The van der Waals surface area contributed by atoms with Gasteiger partial charge < -0.3 is 0 Å². The van der Waals surface area contributed by atoms with Crippen LogP contribution in [-0.4, -0.2) is 4.83 Å². The van der Waals surface area contributed by atoms with Gasteiger partial charge in [-0.05, 0) is 85.8 Å². The zero-order valence-corrected chi connectivity index (χ0v) is 15.0. The summed E-state index contributed by atoms with van der Waals surface area (Å²) in [5.41, 5.74) is 2.08. The first kappa shape index (κ1) is 13.8. The molecule has 0 N–H and O–H groups in total. The summed E-state index contributed by atoms with van der Waals surface area (Å²) >= 11 is 7.71. The van der Waals surface area contributed by atoms with Gasteiger partial charge in [0.15, 0.2) is 0 Å². The third-order valence-electron chi connectivity index (χ3n) is 6.05. The molecule has 4 saturated carbocycles. The molecule has 0 radical (unpaired) electrons. The predicted molar refractivity (Wildman–Crippen MR) is 91.2 cm³/mol. The monoisotopic (exact) mass is 396 g/mol. The number of hydrogen-bond acceptors (Lipinski definition) is 0. The fourth-order valence-corrected chi connectivity index (χ4v) is 7.03. The van der Waals surface area contributed by atoms with E-state index in [9.17, 15) is 0 Å². The lowest BCUT2D eigenvalue weighted by molar-refractivity contribution is -0.0522. The van der Waals surface area contributed by atoms with Crippen LogP contribution in [0.25, 0.3) is 0 Å². The average Bonchev–Trinajstić information content (AvgIpc) is 2.37. The minimum absolute atomic E-state index is 0.608. The average molecular weight is 398 g/mol. The van der Waals surface area contributed by atoms with Gasteiger partial charge in [0.05, 0.1) is 0 Å². The molecule has 0 aromatic heterocycles. The van der Waals surface area contributed by atoms with Crippen molar-refractivity contribution in [2.45, 2.75) is 49.8 Å². The molecular formula is C18H22Br2. The van der Waals surface area contributed by atoms with E-state index in [1.165, 1.54) is 55.0 Å². The Morgan fingerprint density at radius 1 is 1.05 bits per heavy atom. The number of halogens is 2. The van der Waals surface area contributed by atoms with Crippen LogP contribution < -0.4 is 0 Å². The quantitative estimate of drug-likeness (QED) is 0.551. The minimum Gasteiger partial charge on any atom is -0.0881 e. The maximum absolute atomic E-state index is 4.11. The summed E-state index contributed by atoms with van der Waals surface area (Å²) < 4.78 is 1.21. The highest BCUT2D eigenvalue weighted by molar-refractivity contribution is 9.10. The van der Waals surface area contributed by atoms with Gasteiger partial charge >= 0.3 is 0 Å². The molecule has 4 aliphatic carbocycles. The summed E-state index contributed by atoms with van der Waals surface area (Å²) in [5, 5.41) is 0. The topological polar surface area (TPSA) is 0 Å². The van der Waals surface area contributed by atoms with E-state index in [0.717, 1.165) is 17.8 Å². The Labute approximate surface area is 139 Å². The lowest BCUT2D eigenvalue weighted by Gasteiger charge is -2.58. The molecule has 1 aromatic rings. The van der Waals surface area contributed by atoms with Crippen molar-refractivity contribution in [3.63, 3.8) is 0 Å². The fraction of sp³-hybridized carbons (Fsp3) is 0.667. The van der Waals surface area contributed by atoms with Crippen LogP contribution >= 0.6 is 31.9 Å². The minimum atomic E-state index is 0.608. The molecule has 0 nitrogen and oxygen atoms in total. The van der Waals surface area contributed by atoms with Crippen molar-refractivity contribution in [1.82, 2.24) is 0 Å². The van der Waals surface area contributed by atoms with Crippen molar-refractivity contribution in [2.75, 3.05) is 0 Å². The number of hydrogen-bond donors (Lipinski definition) is 0. The lowest BCUT2D eigenvalue weighted by Crippen LogP contribution is -2.50. The maximum Gasteiger partial charge on any atom is 0.0242 e. The number of benzene rings is 1. The summed E-state index contributed by atoms with van der Waals surface area (Å²) in [7, 11) is 0. The predicted octanol–water partition coefficient (Wildman–Crippen LogP) is 5.97. The molecule has 2 heteroatoms. The van der Waals surface area contributed by atoms with Crippen LogP contribution in [0.3, 0.4) is 0 Å². The molecule has 0 spiro atoms. The van der Waals surface area contributed by atoms with Crippen LogP contribution in [0.4, 0.5) is 0 Å². The first-order valence-corrected chi connectivity index (χ1v) is 9.72. The molecule has 20 heavy (non-hydrogen) atoms. The third kappa shape index (κ3) is 2.41. The van der Waals surface area contributed by atoms with E-state index >= 15 is 0 Å². The SMILES string of the molecule is Brc1cccc(CC(Br)C23CC4CC(CC(C4)C2)C3)c1. The zero-order chi connectivity index (χ0) is 13.7. The normalized spacial score (nSPS) is 40.0. The highest BCUT2D eigenvalue weighted by Crippen LogP contribution is 2.62. The summed E-state index contributed by atoms with van der Waals surface area (Å²) in [6.07, 6.45) is 10.3. The molecule has 0 heterocycles. The van der Waals surface area contributed by atoms with Gasteiger partial charge in [0.1, 0.15) is 0 Å². The van der Waals surface area contributed by atoms with E-state index in [0.29, 0.717) is 10.2 Å². The smallest absolute Gasteiger partial charge is 0.0242 e. The molecular weight excluding hydrogens is 376 g/mol. The molecule has 0 amide bonds. The van der Waals surface area contributed by atoms with Crippen molar-refractivity contribution in [3.8, 4) is 0 Å². The second kappa shape index (κ2) is 5.12. The second-order valence-electron chi connectivity index (χ2n) is 7.58. The molecule has 4 bridgehead atoms. The van der Waals surface area contributed by atoms with E-state index in [2.05, 4.69) is 56.1 Å². The van der Waals surface area contributed by atoms with Crippen molar-refractivity contribution in [3.05, 3.63) is 34.3 Å². The van der Waals surface area contributed by atoms with Gasteiger partial charge in [-0.1, -0.05) is 44.0 Å². The lowest BCUT2D eigenvalue weighted by atomic mass is 9.48. The van der Waals surface area contributed by atoms with Crippen LogP contribution in [-0.2, 0) is 6.42 Å². The Kier molecular flexibility index (Phi) is 3.54. The molecule has 5 rings (SSSR count). The Bertz CT molecular complexity index is 473. The first-order chi connectivity index (χ1) is 9.63. The van der Waals surface area contributed by atoms with Crippen LogP contribution in [0.1, 0.15) is 44.1 Å². The molecule has 1 atom stereocenters. The van der Waals surface area contributed by atoms with Crippen LogP contribution in [0.5, 0.6) is 0 Å². The highest BCUT2D eigenvalue weighted by Gasteiger charge is 2.53. The first-order valence-electron chi connectivity index (χ1n) is 8.01. The van der Waals surface area contributed by atoms with Gasteiger partial charge in [-0.25, -0.2) is 0 Å². The molecule has 108 valence electrons. The fourth-order valence-electron chi connectivity index (χ4n) is 5.65. The van der Waals surface area contributed by atoms with Crippen LogP contribution in [0.15, 0.2) is 28.7 Å². The Hall–Kier alpha value is 0.180. The van der Waals surface area contributed by atoms with Crippen molar-refractivity contribution in [1.29, 1.82) is 0 Å². The van der Waals surface area contributed by atoms with Crippen molar-refractivity contribution < 1.29 is 0 Å². The van der Waals surface area contributed by atoms with E-state index in [-0.39, 0.29) is 0 Å². The Morgan fingerprint density at radius 3 is 2.20 bits per heavy atom. The standard InChI is InChI=1S/C18H22Br2/c19-16-3-1-2-12(7-16)8-17(20)18-9-13-4-14(10-18)6-15(5-13)11-18/h1-3,7,13-15,17H,4-6,8-11H2. The highest BCUT2D eigenvalue weighted by atomic mass is 79.9. The Morgan fingerprint density at radius 2 is 1.65 bits per heavy atom. The van der Waals surface area contributed by atoms with Gasteiger partial charge in [0.2, 0.25) is 0 Å². The maximum atomic E-state index is 4.11. The molecule has 1 unspecified atom stereocenters. The van der Waals surface area contributed by atoms with Gasteiger partial charge in [-0.15, -0.1) is 0 Å². The Balaban J connectivity index is 1.54. The molecule has 1 aromatic carbocycles. The van der Waals surface area contributed by atoms with E-state index < -0.39 is 0 Å². The van der Waals surface area contributed by atoms with Gasteiger partial charge in [-0.3, -0.25) is 0 Å².